The highest BCUT2D eigenvalue weighted by Crippen LogP contribution is 2.36. The van der Waals surface area contributed by atoms with Crippen molar-refractivity contribution in [3.05, 3.63) is 65.5 Å². The summed E-state index contributed by atoms with van der Waals surface area (Å²) in [5, 5.41) is 4.12. The lowest BCUT2D eigenvalue weighted by molar-refractivity contribution is -0.0680. The maximum atomic E-state index is 14.6. The summed E-state index contributed by atoms with van der Waals surface area (Å²) in [6, 6.07) is 15.1. The molecular weight excluding hydrogens is 392 g/mol. The normalized spacial score (nSPS) is 17.0. The van der Waals surface area contributed by atoms with Gasteiger partial charge in [-0.2, -0.15) is 13.8 Å². The van der Waals surface area contributed by atoms with Crippen molar-refractivity contribution < 1.29 is 22.8 Å². The fourth-order valence-electron chi connectivity index (χ4n) is 2.91. The van der Waals surface area contributed by atoms with E-state index in [0.717, 1.165) is 0 Å². The number of carbonyl (C=O) groups excluding carboxylic acids is 1. The molecule has 0 spiro atoms. The van der Waals surface area contributed by atoms with Crippen LogP contribution in [-0.2, 0) is 10.7 Å². The van der Waals surface area contributed by atoms with Crippen molar-refractivity contribution in [1.82, 2.24) is 10.1 Å². The fourth-order valence-corrected chi connectivity index (χ4v) is 3.04. The number of carbonyl (C=O) groups is 1. The second-order valence-corrected chi connectivity index (χ2v) is 6.73. The summed E-state index contributed by atoms with van der Waals surface area (Å²) in [6.45, 7) is -0.0181. The van der Waals surface area contributed by atoms with Crippen molar-refractivity contribution in [1.29, 1.82) is 0 Å². The van der Waals surface area contributed by atoms with Crippen LogP contribution < -0.4 is 4.90 Å². The van der Waals surface area contributed by atoms with Gasteiger partial charge in [0, 0.05) is 16.3 Å². The smallest absolute Gasteiger partial charge is 0.414 e. The number of hydrogen-bond acceptors (Lipinski definition) is 5. The third-order valence-electron chi connectivity index (χ3n) is 4.27. The van der Waals surface area contributed by atoms with E-state index in [4.69, 9.17) is 20.9 Å². The Bertz CT molecular complexity index is 980. The predicted molar refractivity (Wildman–Crippen MR) is 97.3 cm³/mol. The third-order valence-corrected chi connectivity index (χ3v) is 4.52. The first-order chi connectivity index (χ1) is 13.4. The number of amides is 1. The van der Waals surface area contributed by atoms with Crippen molar-refractivity contribution in [2.24, 2.45) is 0 Å². The number of alkyl halides is 2. The van der Waals surface area contributed by atoms with Gasteiger partial charge >= 0.3 is 12.0 Å². The highest BCUT2D eigenvalue weighted by Gasteiger charge is 2.45. The van der Waals surface area contributed by atoms with E-state index in [-0.39, 0.29) is 12.4 Å². The molecule has 1 saturated heterocycles. The molecule has 1 atom stereocenters. The Kier molecular flexibility index (Phi) is 4.72. The Morgan fingerprint density at radius 2 is 1.86 bits per heavy atom. The minimum atomic E-state index is -3.44. The number of anilines is 1. The lowest BCUT2D eigenvalue weighted by atomic mass is 10.1. The van der Waals surface area contributed by atoms with Crippen molar-refractivity contribution in [2.75, 3.05) is 11.4 Å². The number of halogens is 3. The van der Waals surface area contributed by atoms with Gasteiger partial charge in [0.05, 0.1) is 13.0 Å². The summed E-state index contributed by atoms with van der Waals surface area (Å²) in [7, 11) is 0. The van der Waals surface area contributed by atoms with E-state index in [1.807, 2.05) is 0 Å². The highest BCUT2D eigenvalue weighted by atomic mass is 35.5. The van der Waals surface area contributed by atoms with Gasteiger partial charge in [-0.05, 0) is 24.3 Å². The number of aromatic nitrogens is 2. The molecule has 1 aliphatic rings. The molecule has 144 valence electrons. The molecule has 0 radical (unpaired) electrons. The lowest BCUT2D eigenvalue weighted by Gasteiger charge is -2.15. The average molecular weight is 406 g/mol. The van der Waals surface area contributed by atoms with E-state index in [1.165, 1.54) is 4.90 Å². The van der Waals surface area contributed by atoms with Crippen LogP contribution in [0.1, 0.15) is 12.3 Å². The molecule has 28 heavy (non-hydrogen) atoms. The number of nitrogens with zero attached hydrogens (tertiary/aromatic N) is 3. The monoisotopic (exact) mass is 405 g/mol. The largest absolute Gasteiger partial charge is 0.444 e. The first-order valence-corrected chi connectivity index (χ1v) is 8.81. The number of ether oxygens (including phenoxy) is 1. The molecule has 1 aromatic heterocycles. The predicted octanol–water partition coefficient (Wildman–Crippen LogP) is 4.90. The Labute approximate surface area is 163 Å². The fraction of sp³-hybridized carbons (Fsp3) is 0.211. The van der Waals surface area contributed by atoms with E-state index >= 15 is 0 Å². The molecule has 9 heteroatoms. The zero-order valence-corrected chi connectivity index (χ0v) is 15.1. The van der Waals surface area contributed by atoms with Crippen LogP contribution >= 0.6 is 11.6 Å². The molecule has 0 bridgehead atoms. The zero-order chi connectivity index (χ0) is 19.7. The van der Waals surface area contributed by atoms with Crippen LogP contribution in [0.15, 0.2) is 59.1 Å². The molecule has 2 aromatic carbocycles. The number of hydrogen-bond donors (Lipinski definition) is 0. The third kappa shape index (κ3) is 3.68. The van der Waals surface area contributed by atoms with Crippen LogP contribution in [0.4, 0.5) is 19.3 Å². The molecule has 4 rings (SSSR count). The first-order valence-electron chi connectivity index (χ1n) is 8.43. The van der Waals surface area contributed by atoms with Crippen molar-refractivity contribution >= 4 is 23.4 Å². The summed E-state index contributed by atoms with van der Waals surface area (Å²) >= 11 is 5.83. The Morgan fingerprint density at radius 3 is 2.57 bits per heavy atom. The summed E-state index contributed by atoms with van der Waals surface area (Å²) < 4.78 is 39.1. The summed E-state index contributed by atoms with van der Waals surface area (Å²) in [4.78, 5) is 17.1. The van der Waals surface area contributed by atoms with Gasteiger partial charge in [-0.25, -0.2) is 4.79 Å². The van der Waals surface area contributed by atoms with Gasteiger partial charge in [-0.15, -0.1) is 0 Å². The van der Waals surface area contributed by atoms with Crippen molar-refractivity contribution in [2.45, 2.75) is 18.4 Å². The SMILES string of the molecule is O=C1OC(CC(F)(F)c2nc(-c3ccccc3)no2)CN1c1ccc(Cl)cc1. The molecule has 1 aliphatic heterocycles. The summed E-state index contributed by atoms with van der Waals surface area (Å²) in [5.74, 6) is -4.19. The van der Waals surface area contributed by atoms with E-state index in [1.54, 1.807) is 54.6 Å². The molecule has 0 N–H and O–H groups in total. The average Bonchev–Trinajstić information content (AvgIpc) is 3.31. The Balaban J connectivity index is 1.47. The van der Waals surface area contributed by atoms with E-state index in [2.05, 4.69) is 10.1 Å². The lowest BCUT2D eigenvalue weighted by Crippen LogP contribution is -2.27. The van der Waals surface area contributed by atoms with Crippen molar-refractivity contribution in [3.8, 4) is 11.4 Å². The van der Waals surface area contributed by atoms with Crippen LogP contribution in [0.2, 0.25) is 5.02 Å². The molecular formula is C19H14ClF2N3O3. The van der Waals surface area contributed by atoms with Crippen LogP contribution in [0.3, 0.4) is 0 Å². The molecule has 0 saturated carbocycles. The van der Waals surface area contributed by atoms with Crippen LogP contribution in [0.25, 0.3) is 11.4 Å². The van der Waals surface area contributed by atoms with Gasteiger partial charge < -0.3 is 9.26 Å². The maximum Gasteiger partial charge on any atom is 0.414 e. The van der Waals surface area contributed by atoms with E-state index in [9.17, 15) is 13.6 Å². The maximum absolute atomic E-state index is 14.6. The summed E-state index contributed by atoms with van der Waals surface area (Å²) in [6.07, 6.45) is -2.48. The van der Waals surface area contributed by atoms with Crippen LogP contribution in [0, 0.1) is 0 Å². The topological polar surface area (TPSA) is 68.5 Å². The number of cyclic esters (lactones) is 1. The minimum Gasteiger partial charge on any atom is -0.444 e. The van der Waals surface area contributed by atoms with E-state index < -0.39 is 30.4 Å². The van der Waals surface area contributed by atoms with Gasteiger partial charge in [0.1, 0.15) is 6.10 Å². The molecule has 1 fully saturated rings. The van der Waals surface area contributed by atoms with Gasteiger partial charge in [0.2, 0.25) is 5.82 Å². The van der Waals surface area contributed by atoms with Gasteiger partial charge in [-0.3, -0.25) is 4.90 Å². The molecule has 1 amide bonds. The standard InChI is InChI=1S/C19H14ClF2N3O3/c20-13-6-8-14(9-7-13)25-11-15(27-18(25)26)10-19(21,22)17-23-16(24-28-17)12-4-2-1-3-5-12/h1-9,15H,10-11H2. The number of benzene rings is 2. The molecule has 6 nitrogen and oxygen atoms in total. The quantitative estimate of drug-likeness (QED) is 0.604. The van der Waals surface area contributed by atoms with E-state index in [0.29, 0.717) is 16.3 Å². The van der Waals surface area contributed by atoms with Crippen LogP contribution in [0.5, 0.6) is 0 Å². The Morgan fingerprint density at radius 1 is 1.14 bits per heavy atom. The highest BCUT2D eigenvalue weighted by molar-refractivity contribution is 6.30. The van der Waals surface area contributed by atoms with Gasteiger partial charge in [0.25, 0.3) is 5.89 Å². The molecule has 1 unspecified atom stereocenters. The summed E-state index contributed by atoms with van der Waals surface area (Å²) in [5.41, 5.74) is 1.08. The molecule has 3 aromatic rings. The zero-order valence-electron chi connectivity index (χ0n) is 14.4. The van der Waals surface area contributed by atoms with Crippen molar-refractivity contribution in [3.63, 3.8) is 0 Å². The Hall–Kier alpha value is -3.00. The second-order valence-electron chi connectivity index (χ2n) is 6.29. The minimum absolute atomic E-state index is 0.0181. The second kappa shape index (κ2) is 7.20. The molecule has 2 heterocycles. The molecule has 0 aliphatic carbocycles. The first kappa shape index (κ1) is 18.4. The van der Waals surface area contributed by atoms with Gasteiger partial charge in [-0.1, -0.05) is 47.1 Å². The van der Waals surface area contributed by atoms with Crippen LogP contribution in [-0.4, -0.2) is 28.9 Å². The van der Waals surface area contributed by atoms with Gasteiger partial charge in [0.15, 0.2) is 0 Å². The number of rotatable bonds is 5.